The van der Waals surface area contributed by atoms with Crippen LogP contribution < -0.4 is 4.74 Å². The largest absolute Gasteiger partial charge is 0.488 e. The van der Waals surface area contributed by atoms with Crippen LogP contribution in [0.25, 0.3) is 0 Å². The molecule has 1 aromatic heterocycles. The van der Waals surface area contributed by atoms with Gasteiger partial charge in [-0.3, -0.25) is 4.79 Å². The van der Waals surface area contributed by atoms with E-state index in [9.17, 15) is 13.2 Å². The standard InChI is InChI=1S/C25H27NO5S2/c1-3-21-15-26(33(28,29)25-9-5-4-7-23(25)31-21)14-20-13-19(11-10-18(20)2)22(16-30-17-27)24-8-6-12-32-24/h4-13,17,21-22H,3,14-16H2,1-2H3/t21-,22?/m1/s1. The van der Waals surface area contributed by atoms with Crippen LogP contribution in [-0.2, 0) is 26.1 Å². The Morgan fingerprint density at radius 2 is 2.03 bits per heavy atom. The lowest BCUT2D eigenvalue weighted by Crippen LogP contribution is -2.36. The van der Waals surface area contributed by atoms with Gasteiger partial charge < -0.3 is 9.47 Å². The maximum atomic E-state index is 13.5. The molecule has 2 heterocycles. The first kappa shape index (κ1) is 23.5. The Morgan fingerprint density at radius 1 is 1.21 bits per heavy atom. The zero-order chi connectivity index (χ0) is 23.4. The molecule has 2 atom stereocenters. The van der Waals surface area contributed by atoms with Crippen LogP contribution in [0.3, 0.4) is 0 Å². The maximum absolute atomic E-state index is 13.5. The summed E-state index contributed by atoms with van der Waals surface area (Å²) in [6.07, 6.45) is 0.467. The molecule has 0 saturated carbocycles. The number of aryl methyl sites for hydroxylation is 1. The van der Waals surface area contributed by atoms with Gasteiger partial charge in [0.1, 0.15) is 23.4 Å². The molecule has 1 aliphatic rings. The molecule has 4 rings (SSSR count). The van der Waals surface area contributed by atoms with Gasteiger partial charge in [0.05, 0.1) is 12.5 Å². The van der Waals surface area contributed by atoms with Crippen LogP contribution in [0.4, 0.5) is 0 Å². The van der Waals surface area contributed by atoms with Gasteiger partial charge in [-0.15, -0.1) is 11.3 Å². The second kappa shape index (κ2) is 10.1. The lowest BCUT2D eigenvalue weighted by molar-refractivity contribution is -0.128. The Kier molecular flexibility index (Phi) is 7.17. The highest BCUT2D eigenvalue weighted by Crippen LogP contribution is 2.34. The normalized spacial score (nSPS) is 18.5. The van der Waals surface area contributed by atoms with E-state index in [0.717, 1.165) is 21.6 Å². The van der Waals surface area contributed by atoms with Gasteiger partial charge in [-0.1, -0.05) is 43.3 Å². The van der Waals surface area contributed by atoms with Crippen LogP contribution in [0, 0.1) is 6.92 Å². The van der Waals surface area contributed by atoms with Gasteiger partial charge in [-0.25, -0.2) is 8.42 Å². The van der Waals surface area contributed by atoms with Crippen LogP contribution in [0.5, 0.6) is 5.75 Å². The number of benzene rings is 2. The third-order valence-corrected chi connectivity index (χ3v) is 8.80. The molecular formula is C25H27NO5S2. The summed E-state index contributed by atoms with van der Waals surface area (Å²) in [5, 5.41) is 1.99. The Morgan fingerprint density at radius 3 is 2.76 bits per heavy atom. The average molecular weight is 486 g/mol. The van der Waals surface area contributed by atoms with Crippen molar-refractivity contribution in [2.24, 2.45) is 0 Å². The minimum atomic E-state index is -3.73. The fourth-order valence-corrected chi connectivity index (χ4v) is 6.45. The molecule has 174 valence electrons. The summed E-state index contributed by atoms with van der Waals surface area (Å²) in [5.41, 5.74) is 2.90. The Bertz CT molecular complexity index is 1210. The van der Waals surface area contributed by atoms with E-state index in [4.69, 9.17) is 9.47 Å². The van der Waals surface area contributed by atoms with Crippen LogP contribution in [0.2, 0.25) is 0 Å². The number of ether oxygens (including phenoxy) is 2. The number of hydrogen-bond acceptors (Lipinski definition) is 6. The average Bonchev–Trinajstić information content (AvgIpc) is 3.31. The van der Waals surface area contributed by atoms with E-state index >= 15 is 0 Å². The third kappa shape index (κ3) is 4.98. The third-order valence-electron chi connectivity index (χ3n) is 5.96. The predicted molar refractivity (Wildman–Crippen MR) is 128 cm³/mol. The van der Waals surface area contributed by atoms with Crippen molar-refractivity contribution in [1.82, 2.24) is 4.31 Å². The minimum absolute atomic E-state index is 0.109. The van der Waals surface area contributed by atoms with Gasteiger partial charge in [-0.2, -0.15) is 4.31 Å². The second-order valence-electron chi connectivity index (χ2n) is 8.08. The number of fused-ring (bicyclic) bond motifs is 1. The predicted octanol–water partition coefficient (Wildman–Crippen LogP) is 4.72. The fraction of sp³-hybridized carbons (Fsp3) is 0.320. The molecular weight excluding hydrogens is 458 g/mol. The Hall–Kier alpha value is -2.68. The number of carbonyl (C=O) groups is 1. The smallest absolute Gasteiger partial charge is 0.293 e. The first-order valence-corrected chi connectivity index (χ1v) is 13.2. The van der Waals surface area contributed by atoms with Crippen LogP contribution in [0.1, 0.15) is 40.8 Å². The van der Waals surface area contributed by atoms with Gasteiger partial charge in [0, 0.05) is 11.4 Å². The molecule has 1 unspecified atom stereocenters. The van der Waals surface area contributed by atoms with E-state index in [0.29, 0.717) is 18.6 Å². The number of hydrogen-bond donors (Lipinski definition) is 0. The molecule has 6 nitrogen and oxygen atoms in total. The lowest BCUT2D eigenvalue weighted by Gasteiger charge is -2.24. The number of sulfonamides is 1. The topological polar surface area (TPSA) is 72.9 Å². The van der Waals surface area contributed by atoms with Crippen molar-refractivity contribution in [2.75, 3.05) is 13.2 Å². The van der Waals surface area contributed by atoms with Crippen molar-refractivity contribution in [3.63, 3.8) is 0 Å². The van der Waals surface area contributed by atoms with Gasteiger partial charge >= 0.3 is 0 Å². The maximum Gasteiger partial charge on any atom is 0.293 e. The van der Waals surface area contributed by atoms with Crippen molar-refractivity contribution < 1.29 is 22.7 Å². The number of rotatable bonds is 8. The Labute approximate surface area is 198 Å². The summed E-state index contributed by atoms with van der Waals surface area (Å²) in [5.74, 6) is 0.295. The minimum Gasteiger partial charge on any atom is -0.488 e. The number of para-hydroxylation sites is 1. The molecule has 0 amide bonds. The highest BCUT2D eigenvalue weighted by Gasteiger charge is 2.34. The molecule has 0 N–H and O–H groups in total. The van der Waals surface area contributed by atoms with Crippen LogP contribution in [0.15, 0.2) is 64.9 Å². The van der Waals surface area contributed by atoms with Crippen molar-refractivity contribution >= 4 is 27.8 Å². The molecule has 0 saturated heterocycles. The van der Waals surface area contributed by atoms with Crippen molar-refractivity contribution in [3.05, 3.63) is 81.5 Å². The lowest BCUT2D eigenvalue weighted by atomic mass is 9.94. The number of nitrogens with zero attached hydrogens (tertiary/aromatic N) is 1. The van der Waals surface area contributed by atoms with Gasteiger partial charge in [0.25, 0.3) is 6.47 Å². The quantitative estimate of drug-likeness (QED) is 0.432. The number of thiophene rings is 1. The molecule has 0 spiro atoms. The first-order valence-electron chi connectivity index (χ1n) is 10.9. The zero-order valence-corrected chi connectivity index (χ0v) is 20.3. The molecule has 1 aliphatic heterocycles. The van der Waals surface area contributed by atoms with E-state index < -0.39 is 10.0 Å². The zero-order valence-electron chi connectivity index (χ0n) is 18.6. The van der Waals surface area contributed by atoms with Gasteiger partial charge in [-0.05, 0) is 53.6 Å². The fourth-order valence-electron chi connectivity index (χ4n) is 4.04. The van der Waals surface area contributed by atoms with E-state index in [-0.39, 0.29) is 36.6 Å². The second-order valence-corrected chi connectivity index (χ2v) is 11.0. The van der Waals surface area contributed by atoms with E-state index in [2.05, 4.69) is 0 Å². The summed E-state index contributed by atoms with van der Waals surface area (Å²) in [7, 11) is -3.73. The molecule has 3 aromatic rings. The summed E-state index contributed by atoms with van der Waals surface area (Å²) in [6.45, 7) is 5.18. The van der Waals surface area contributed by atoms with Crippen molar-refractivity contribution in [3.8, 4) is 5.75 Å². The summed E-state index contributed by atoms with van der Waals surface area (Å²) in [4.78, 5) is 12.1. The molecule has 0 bridgehead atoms. The van der Waals surface area contributed by atoms with Crippen molar-refractivity contribution in [1.29, 1.82) is 0 Å². The first-order chi connectivity index (χ1) is 15.9. The molecule has 0 radical (unpaired) electrons. The van der Waals surface area contributed by atoms with E-state index in [1.807, 2.05) is 49.6 Å². The van der Waals surface area contributed by atoms with Gasteiger partial charge in [0.15, 0.2) is 0 Å². The monoisotopic (exact) mass is 485 g/mol. The highest BCUT2D eigenvalue weighted by atomic mass is 32.2. The summed E-state index contributed by atoms with van der Waals surface area (Å²) in [6, 6.07) is 16.8. The molecule has 33 heavy (non-hydrogen) atoms. The van der Waals surface area contributed by atoms with Crippen LogP contribution in [-0.4, -0.2) is 38.5 Å². The summed E-state index contributed by atoms with van der Waals surface area (Å²) < 4.78 is 39.7. The molecule has 8 heteroatoms. The molecule has 2 aromatic carbocycles. The van der Waals surface area contributed by atoms with E-state index in [1.54, 1.807) is 35.6 Å². The van der Waals surface area contributed by atoms with Crippen molar-refractivity contribution in [2.45, 2.75) is 43.7 Å². The number of carbonyl (C=O) groups excluding carboxylic acids is 1. The molecule has 0 aliphatic carbocycles. The summed E-state index contributed by atoms with van der Waals surface area (Å²) >= 11 is 1.60. The highest BCUT2D eigenvalue weighted by molar-refractivity contribution is 7.89. The SMILES string of the molecule is CC[C@@H]1CN(Cc2cc(C(COC=O)c3cccs3)ccc2C)S(=O)(=O)c2ccccc2O1. The van der Waals surface area contributed by atoms with Gasteiger partial charge in [0.2, 0.25) is 10.0 Å². The Balaban J connectivity index is 1.70. The van der Waals surface area contributed by atoms with E-state index in [1.165, 1.54) is 4.31 Å². The molecule has 0 fully saturated rings. The van der Waals surface area contributed by atoms with Crippen LogP contribution >= 0.6 is 11.3 Å².